The molecule has 0 aromatic carbocycles. The summed E-state index contributed by atoms with van der Waals surface area (Å²) in [5, 5.41) is 8.90. The van der Waals surface area contributed by atoms with E-state index in [1.165, 1.54) is 11.3 Å². The Hall–Kier alpha value is -0.970. The van der Waals surface area contributed by atoms with Gasteiger partial charge in [-0.15, -0.1) is 0 Å². The normalized spacial score (nSPS) is 20.2. The zero-order chi connectivity index (χ0) is 12.4. The summed E-state index contributed by atoms with van der Waals surface area (Å²) in [5.74, 6) is 1.86. The molecule has 17 heavy (non-hydrogen) atoms. The first-order valence-corrected chi connectivity index (χ1v) is 6.96. The van der Waals surface area contributed by atoms with Crippen LogP contribution in [0.5, 0.6) is 0 Å². The monoisotopic (exact) mass is 252 g/mol. The molecule has 0 spiro atoms. The summed E-state index contributed by atoms with van der Waals surface area (Å²) in [6, 6.07) is 0. The van der Waals surface area contributed by atoms with E-state index >= 15 is 0 Å². The van der Waals surface area contributed by atoms with Gasteiger partial charge in [0.15, 0.2) is 5.17 Å². The minimum absolute atomic E-state index is 0.701. The number of hydrogen-bond acceptors (Lipinski definition) is 4. The number of thioether (sulfide) groups is 1. The minimum Gasteiger partial charge on any atom is -0.361 e. The quantitative estimate of drug-likeness (QED) is 0.873. The summed E-state index contributed by atoms with van der Waals surface area (Å²) in [6.07, 6.45) is 0. The van der Waals surface area contributed by atoms with Crippen LogP contribution in [0.1, 0.15) is 23.9 Å². The molecule has 0 fully saturated rings. The molecule has 0 radical (unpaired) electrons. The number of hydrogen-bond donors (Lipinski definition) is 1. The highest BCUT2D eigenvalue weighted by Crippen LogP contribution is 2.17. The lowest BCUT2D eigenvalue weighted by atomic mass is 10.2. The summed E-state index contributed by atoms with van der Waals surface area (Å²) >= 11 is 1.82. The van der Waals surface area contributed by atoms with Crippen LogP contribution >= 0.6 is 11.8 Å². The van der Waals surface area contributed by atoms with Crippen LogP contribution in [-0.2, 0) is 13.6 Å². The number of nitrogens with zero attached hydrogens (tertiary/aromatic N) is 3. The highest BCUT2D eigenvalue weighted by Gasteiger charge is 2.13. The average molecular weight is 252 g/mol. The molecule has 1 aromatic rings. The van der Waals surface area contributed by atoms with Crippen molar-refractivity contribution in [2.75, 3.05) is 12.3 Å². The lowest BCUT2D eigenvalue weighted by molar-refractivity contribution is 0.669. The van der Waals surface area contributed by atoms with Crippen LogP contribution in [-0.4, -0.2) is 27.2 Å². The molecule has 1 unspecified atom stereocenters. The van der Waals surface area contributed by atoms with E-state index in [0.29, 0.717) is 5.92 Å². The molecule has 0 saturated heterocycles. The fraction of sp³-hybridized carbons (Fsp3) is 0.667. The Balaban J connectivity index is 1.98. The Morgan fingerprint density at radius 2 is 2.24 bits per heavy atom. The number of aromatic nitrogens is 2. The molecule has 4 nitrogen and oxygen atoms in total. The molecule has 0 saturated carbocycles. The van der Waals surface area contributed by atoms with Gasteiger partial charge in [0.2, 0.25) is 0 Å². The van der Waals surface area contributed by atoms with Crippen LogP contribution in [0.25, 0.3) is 0 Å². The number of rotatable bonds is 2. The van der Waals surface area contributed by atoms with E-state index < -0.39 is 0 Å². The predicted molar refractivity (Wildman–Crippen MR) is 73.4 cm³/mol. The first-order chi connectivity index (χ1) is 8.08. The largest absolute Gasteiger partial charge is 0.361 e. The van der Waals surface area contributed by atoms with Gasteiger partial charge >= 0.3 is 0 Å². The standard InChI is InChI=1S/C12H20N4S/c1-8-5-13-12(17-7-8)14-6-11-9(2)15-16(4)10(11)3/h8H,5-7H2,1-4H3,(H,13,14). The Bertz CT molecular complexity index is 436. The van der Waals surface area contributed by atoms with Crippen molar-refractivity contribution in [3.05, 3.63) is 17.0 Å². The van der Waals surface area contributed by atoms with Crippen LogP contribution in [0.2, 0.25) is 0 Å². The fourth-order valence-corrected chi connectivity index (χ4v) is 2.79. The van der Waals surface area contributed by atoms with Gasteiger partial charge in [-0.25, -0.2) is 0 Å². The van der Waals surface area contributed by atoms with Crippen LogP contribution in [0.15, 0.2) is 4.99 Å². The zero-order valence-electron chi connectivity index (χ0n) is 10.9. The molecule has 1 N–H and O–H groups in total. The van der Waals surface area contributed by atoms with E-state index in [0.717, 1.165) is 29.7 Å². The first kappa shape index (κ1) is 12.5. The summed E-state index contributed by atoms with van der Waals surface area (Å²) in [6.45, 7) is 8.17. The molecule has 2 heterocycles. The van der Waals surface area contributed by atoms with Crippen LogP contribution < -0.4 is 5.32 Å². The van der Waals surface area contributed by atoms with E-state index in [-0.39, 0.29) is 0 Å². The number of nitrogens with one attached hydrogen (secondary N) is 1. The molecule has 1 atom stereocenters. The zero-order valence-corrected chi connectivity index (χ0v) is 11.8. The Morgan fingerprint density at radius 1 is 1.47 bits per heavy atom. The van der Waals surface area contributed by atoms with Crippen LogP contribution in [0.4, 0.5) is 0 Å². The third kappa shape index (κ3) is 2.83. The van der Waals surface area contributed by atoms with Crippen molar-refractivity contribution in [1.82, 2.24) is 15.1 Å². The molecule has 1 aliphatic heterocycles. The lowest BCUT2D eigenvalue weighted by Crippen LogP contribution is -2.26. The van der Waals surface area contributed by atoms with Gasteiger partial charge in [-0.2, -0.15) is 5.10 Å². The van der Waals surface area contributed by atoms with Crippen molar-refractivity contribution in [3.63, 3.8) is 0 Å². The maximum Gasteiger partial charge on any atom is 0.156 e. The van der Waals surface area contributed by atoms with Gasteiger partial charge in [-0.1, -0.05) is 18.7 Å². The van der Waals surface area contributed by atoms with Gasteiger partial charge in [0.05, 0.1) is 5.69 Å². The molecule has 0 bridgehead atoms. The molecule has 0 amide bonds. The molecule has 5 heteroatoms. The second-order valence-corrected chi connectivity index (χ2v) is 5.70. The number of aliphatic imine (C=N–C) groups is 1. The second kappa shape index (κ2) is 5.12. The van der Waals surface area contributed by atoms with E-state index in [1.807, 2.05) is 23.5 Å². The molecular formula is C12H20N4S. The highest BCUT2D eigenvalue weighted by molar-refractivity contribution is 8.13. The summed E-state index contributed by atoms with van der Waals surface area (Å²) < 4.78 is 1.93. The lowest BCUT2D eigenvalue weighted by Gasteiger charge is -2.17. The van der Waals surface area contributed by atoms with Crippen molar-refractivity contribution >= 4 is 16.9 Å². The second-order valence-electron chi connectivity index (χ2n) is 4.69. The van der Waals surface area contributed by atoms with Crippen LogP contribution in [0.3, 0.4) is 0 Å². The van der Waals surface area contributed by atoms with E-state index in [9.17, 15) is 0 Å². The maximum absolute atomic E-state index is 4.53. The molecule has 1 aliphatic rings. The molecule has 1 aromatic heterocycles. The van der Waals surface area contributed by atoms with Crippen molar-refractivity contribution in [3.8, 4) is 0 Å². The van der Waals surface area contributed by atoms with Gasteiger partial charge in [-0.05, 0) is 19.8 Å². The van der Waals surface area contributed by atoms with Crippen molar-refractivity contribution in [2.24, 2.45) is 18.0 Å². The Morgan fingerprint density at radius 3 is 2.76 bits per heavy atom. The maximum atomic E-state index is 4.53. The van der Waals surface area contributed by atoms with E-state index in [2.05, 4.69) is 36.2 Å². The Labute approximate surface area is 107 Å². The molecule has 94 valence electrons. The van der Waals surface area contributed by atoms with Gasteiger partial charge in [-0.3, -0.25) is 9.67 Å². The van der Waals surface area contributed by atoms with Crippen LogP contribution in [0, 0.1) is 19.8 Å². The third-order valence-corrected chi connectivity index (χ3v) is 4.41. The topological polar surface area (TPSA) is 42.2 Å². The van der Waals surface area contributed by atoms with E-state index in [4.69, 9.17) is 0 Å². The van der Waals surface area contributed by atoms with Crippen molar-refractivity contribution in [1.29, 1.82) is 0 Å². The predicted octanol–water partition coefficient (Wildman–Crippen LogP) is 1.87. The molecule has 2 rings (SSSR count). The van der Waals surface area contributed by atoms with Crippen molar-refractivity contribution < 1.29 is 0 Å². The fourth-order valence-electron chi connectivity index (χ4n) is 1.90. The average Bonchev–Trinajstić information content (AvgIpc) is 2.54. The summed E-state index contributed by atoms with van der Waals surface area (Å²) in [4.78, 5) is 4.53. The molecule has 0 aliphatic carbocycles. The summed E-state index contributed by atoms with van der Waals surface area (Å²) in [5.41, 5.74) is 3.62. The van der Waals surface area contributed by atoms with Gasteiger partial charge in [0, 0.05) is 37.1 Å². The van der Waals surface area contributed by atoms with Gasteiger partial charge < -0.3 is 5.32 Å². The number of aryl methyl sites for hydroxylation is 2. The smallest absolute Gasteiger partial charge is 0.156 e. The first-order valence-electron chi connectivity index (χ1n) is 5.98. The number of amidine groups is 1. The SMILES string of the molecule is Cc1nn(C)c(C)c1CNC1=NCC(C)CS1. The van der Waals surface area contributed by atoms with Gasteiger partial charge in [0.1, 0.15) is 0 Å². The molecular weight excluding hydrogens is 232 g/mol. The minimum atomic E-state index is 0.701. The van der Waals surface area contributed by atoms with Gasteiger partial charge in [0.25, 0.3) is 0 Å². The third-order valence-electron chi connectivity index (χ3n) is 3.13. The van der Waals surface area contributed by atoms with Crippen molar-refractivity contribution in [2.45, 2.75) is 27.3 Å². The highest BCUT2D eigenvalue weighted by atomic mass is 32.2. The van der Waals surface area contributed by atoms with E-state index in [1.54, 1.807) is 0 Å². The Kier molecular flexibility index (Phi) is 3.76. The summed E-state index contributed by atoms with van der Waals surface area (Å²) in [7, 11) is 1.99.